The minimum Gasteiger partial charge on any atom is -0.495 e. The highest BCUT2D eigenvalue weighted by molar-refractivity contribution is 5.99. The van der Waals surface area contributed by atoms with Crippen LogP contribution < -0.4 is 21.3 Å². The van der Waals surface area contributed by atoms with E-state index in [0.29, 0.717) is 5.96 Å². The van der Waals surface area contributed by atoms with Crippen molar-refractivity contribution in [2.24, 2.45) is 10.7 Å². The van der Waals surface area contributed by atoms with Gasteiger partial charge in [0.1, 0.15) is 5.75 Å². The molecule has 0 saturated heterocycles. The Kier molecular flexibility index (Phi) is 3.70. The van der Waals surface area contributed by atoms with Crippen molar-refractivity contribution in [1.29, 1.82) is 0 Å². The molecule has 124 valence electrons. The Labute approximate surface area is 145 Å². The second-order valence-corrected chi connectivity index (χ2v) is 5.62. The van der Waals surface area contributed by atoms with Gasteiger partial charge in [0.05, 0.1) is 30.2 Å². The molecule has 0 fully saturated rings. The van der Waals surface area contributed by atoms with Gasteiger partial charge in [-0.3, -0.25) is 15.8 Å². The highest BCUT2D eigenvalue weighted by Crippen LogP contribution is 2.29. The lowest BCUT2D eigenvalue weighted by atomic mass is 10.0. The molecule has 0 amide bonds. The smallest absolute Gasteiger partial charge is 0.212 e. The summed E-state index contributed by atoms with van der Waals surface area (Å²) in [5.74, 6) is 1.05. The van der Waals surface area contributed by atoms with Crippen molar-refractivity contribution in [3.63, 3.8) is 0 Å². The first-order chi connectivity index (χ1) is 12.2. The number of ether oxygens (including phenoxy) is 1. The molecule has 1 aliphatic heterocycles. The second kappa shape index (κ2) is 6.16. The van der Waals surface area contributed by atoms with Gasteiger partial charge >= 0.3 is 0 Å². The molecule has 4 N–H and O–H groups in total. The molecule has 0 spiro atoms. The van der Waals surface area contributed by atoms with E-state index >= 15 is 0 Å². The van der Waals surface area contributed by atoms with Gasteiger partial charge in [0.15, 0.2) is 0 Å². The topological polar surface area (TPSA) is 84.6 Å². The van der Waals surface area contributed by atoms with Crippen molar-refractivity contribution < 1.29 is 4.74 Å². The summed E-state index contributed by atoms with van der Waals surface area (Å²) in [6, 6.07) is 17.9. The van der Waals surface area contributed by atoms with Crippen LogP contribution in [0.4, 0.5) is 0 Å². The molecule has 0 saturated carbocycles. The van der Waals surface area contributed by atoms with E-state index in [0.717, 1.165) is 39.2 Å². The van der Waals surface area contributed by atoms with Gasteiger partial charge in [0, 0.05) is 16.5 Å². The van der Waals surface area contributed by atoms with Gasteiger partial charge in [0.2, 0.25) is 5.96 Å². The van der Waals surface area contributed by atoms with Crippen LogP contribution in [-0.4, -0.2) is 18.1 Å². The number of rotatable bonds is 3. The summed E-state index contributed by atoms with van der Waals surface area (Å²) >= 11 is 0. The summed E-state index contributed by atoms with van der Waals surface area (Å²) < 4.78 is 5.27. The SMILES string of the molecule is COc1cnc2ccc(C3=C(c4ccccc4)N=C(N)NN3)cc2c1. The Balaban J connectivity index is 1.89. The first kappa shape index (κ1) is 15.0. The first-order valence-corrected chi connectivity index (χ1v) is 7.84. The lowest BCUT2D eigenvalue weighted by molar-refractivity contribution is 0.414. The molecule has 0 unspecified atom stereocenters. The molecule has 6 heteroatoms. The van der Waals surface area contributed by atoms with Gasteiger partial charge in [0.25, 0.3) is 0 Å². The average Bonchev–Trinajstić information content (AvgIpc) is 2.67. The number of aliphatic imine (C=N–C) groups is 1. The van der Waals surface area contributed by atoms with Gasteiger partial charge in [-0.25, -0.2) is 4.99 Å². The number of nitrogens with two attached hydrogens (primary N) is 1. The summed E-state index contributed by atoms with van der Waals surface area (Å²) in [4.78, 5) is 8.89. The Morgan fingerprint density at radius 3 is 2.60 bits per heavy atom. The molecule has 4 rings (SSSR count). The number of hydrogen-bond donors (Lipinski definition) is 3. The number of aromatic nitrogens is 1. The molecule has 0 atom stereocenters. The van der Waals surface area contributed by atoms with Gasteiger partial charge in [-0.2, -0.15) is 0 Å². The van der Waals surface area contributed by atoms with Crippen LogP contribution in [0.25, 0.3) is 22.3 Å². The molecule has 3 aromatic rings. The standard InChI is InChI=1S/C19H17N5O/c1-25-15-10-14-9-13(7-8-16(14)21-11-15)18-17(22-19(20)24-23-18)12-5-3-2-4-6-12/h2-11,23H,1H3,(H3,20,22,24). The zero-order chi connectivity index (χ0) is 17.2. The van der Waals surface area contributed by atoms with Gasteiger partial charge in [-0.15, -0.1) is 0 Å². The molecular formula is C19H17N5O. The van der Waals surface area contributed by atoms with Crippen LogP contribution in [0.15, 0.2) is 65.8 Å². The van der Waals surface area contributed by atoms with E-state index in [-0.39, 0.29) is 0 Å². The third-order valence-electron chi connectivity index (χ3n) is 4.01. The lowest BCUT2D eigenvalue weighted by Crippen LogP contribution is -2.44. The van der Waals surface area contributed by atoms with Crippen molar-refractivity contribution in [2.75, 3.05) is 7.11 Å². The van der Waals surface area contributed by atoms with Crippen LogP contribution in [-0.2, 0) is 0 Å². The average molecular weight is 331 g/mol. The van der Waals surface area contributed by atoms with Crippen molar-refractivity contribution >= 4 is 28.3 Å². The number of nitrogens with one attached hydrogen (secondary N) is 2. The number of hydrogen-bond acceptors (Lipinski definition) is 6. The maximum atomic E-state index is 5.85. The van der Waals surface area contributed by atoms with Crippen molar-refractivity contribution in [3.05, 3.63) is 71.9 Å². The van der Waals surface area contributed by atoms with Gasteiger partial charge in [-0.05, 0) is 18.2 Å². The van der Waals surface area contributed by atoms with Crippen LogP contribution >= 0.6 is 0 Å². The molecule has 2 heterocycles. The zero-order valence-electron chi connectivity index (χ0n) is 13.7. The van der Waals surface area contributed by atoms with Crippen LogP contribution in [0.2, 0.25) is 0 Å². The monoisotopic (exact) mass is 331 g/mol. The van der Waals surface area contributed by atoms with Crippen molar-refractivity contribution in [2.45, 2.75) is 0 Å². The fraction of sp³-hybridized carbons (Fsp3) is 0.0526. The van der Waals surface area contributed by atoms with E-state index in [1.807, 2.05) is 48.5 Å². The zero-order valence-corrected chi connectivity index (χ0v) is 13.7. The maximum absolute atomic E-state index is 5.85. The van der Waals surface area contributed by atoms with Crippen LogP contribution in [0, 0.1) is 0 Å². The third kappa shape index (κ3) is 2.85. The minimum atomic E-state index is 0.326. The Morgan fingerprint density at radius 1 is 0.960 bits per heavy atom. The predicted octanol–water partition coefficient (Wildman–Crippen LogP) is 2.49. The molecule has 1 aliphatic rings. The second-order valence-electron chi connectivity index (χ2n) is 5.62. The van der Waals surface area contributed by atoms with Crippen LogP contribution in [0.1, 0.15) is 11.1 Å². The fourth-order valence-electron chi connectivity index (χ4n) is 2.78. The fourth-order valence-corrected chi connectivity index (χ4v) is 2.78. The van der Waals surface area contributed by atoms with Gasteiger partial charge in [-0.1, -0.05) is 36.4 Å². The summed E-state index contributed by atoms with van der Waals surface area (Å²) in [7, 11) is 1.63. The highest BCUT2D eigenvalue weighted by atomic mass is 16.5. The Morgan fingerprint density at radius 2 is 1.80 bits per heavy atom. The number of methoxy groups -OCH3 is 1. The van der Waals surface area contributed by atoms with E-state index in [9.17, 15) is 0 Å². The van der Waals surface area contributed by atoms with E-state index in [2.05, 4.69) is 26.9 Å². The summed E-state index contributed by atoms with van der Waals surface area (Å²) in [6.45, 7) is 0. The molecule has 6 nitrogen and oxygen atoms in total. The number of guanidine groups is 1. The number of fused-ring (bicyclic) bond motifs is 1. The normalized spacial score (nSPS) is 13.9. The molecule has 25 heavy (non-hydrogen) atoms. The number of pyridine rings is 1. The van der Waals surface area contributed by atoms with Crippen LogP contribution in [0.3, 0.4) is 0 Å². The number of nitrogens with zero attached hydrogens (tertiary/aromatic N) is 2. The molecule has 2 aromatic carbocycles. The molecule has 0 bridgehead atoms. The van der Waals surface area contributed by atoms with E-state index in [1.165, 1.54) is 0 Å². The predicted molar refractivity (Wildman–Crippen MR) is 99.4 cm³/mol. The molecule has 0 radical (unpaired) electrons. The summed E-state index contributed by atoms with van der Waals surface area (Å²) in [6.07, 6.45) is 1.71. The number of benzene rings is 2. The van der Waals surface area contributed by atoms with Gasteiger partial charge < -0.3 is 10.5 Å². The maximum Gasteiger partial charge on any atom is 0.212 e. The van der Waals surface area contributed by atoms with Crippen LogP contribution in [0.5, 0.6) is 5.75 Å². The summed E-state index contributed by atoms with van der Waals surface area (Å²) in [5, 5.41) is 0.987. The molecule has 0 aliphatic carbocycles. The molecular weight excluding hydrogens is 314 g/mol. The Hall–Kier alpha value is -3.54. The minimum absolute atomic E-state index is 0.326. The van der Waals surface area contributed by atoms with E-state index < -0.39 is 0 Å². The lowest BCUT2D eigenvalue weighted by Gasteiger charge is -2.21. The van der Waals surface area contributed by atoms with Crippen molar-refractivity contribution in [1.82, 2.24) is 15.8 Å². The first-order valence-electron chi connectivity index (χ1n) is 7.84. The molecule has 1 aromatic heterocycles. The third-order valence-corrected chi connectivity index (χ3v) is 4.01. The quantitative estimate of drug-likeness (QED) is 0.687. The van der Waals surface area contributed by atoms with Crippen molar-refractivity contribution in [3.8, 4) is 5.75 Å². The number of hydrazine groups is 1. The highest BCUT2D eigenvalue weighted by Gasteiger charge is 2.16. The van der Waals surface area contributed by atoms with E-state index in [4.69, 9.17) is 10.5 Å². The Bertz CT molecular complexity index is 995. The largest absolute Gasteiger partial charge is 0.495 e. The summed E-state index contributed by atoms with van der Waals surface area (Å²) in [5.41, 5.74) is 16.4. The van der Waals surface area contributed by atoms with E-state index in [1.54, 1.807) is 13.3 Å².